The van der Waals surface area contributed by atoms with Crippen molar-refractivity contribution in [3.05, 3.63) is 18.7 Å². The summed E-state index contributed by atoms with van der Waals surface area (Å²) in [7, 11) is 0. The highest BCUT2D eigenvalue weighted by Gasteiger charge is 2.09. The van der Waals surface area contributed by atoms with Gasteiger partial charge in [-0.2, -0.15) is 0 Å². The summed E-state index contributed by atoms with van der Waals surface area (Å²) in [5.74, 6) is 0. The standard InChI is InChI=1S/C6H4N4O2S/c11-13(12)6-4-5(9-3-10-6)8-2-1-7-4/h1-3H,(H,11,12). The lowest BCUT2D eigenvalue weighted by Crippen LogP contribution is -1.98. The highest BCUT2D eigenvalue weighted by atomic mass is 32.2. The number of hydrogen-bond acceptors (Lipinski definition) is 5. The summed E-state index contributed by atoms with van der Waals surface area (Å²) in [5, 5.41) is -0.0156. The molecule has 7 heteroatoms. The largest absolute Gasteiger partial charge is 0.301 e. The van der Waals surface area contributed by atoms with Crippen LogP contribution in [0.25, 0.3) is 11.2 Å². The summed E-state index contributed by atoms with van der Waals surface area (Å²) < 4.78 is 19.6. The van der Waals surface area contributed by atoms with E-state index in [-0.39, 0.29) is 10.5 Å². The van der Waals surface area contributed by atoms with E-state index < -0.39 is 11.1 Å². The molecule has 0 saturated heterocycles. The van der Waals surface area contributed by atoms with Gasteiger partial charge in [0.15, 0.2) is 10.7 Å². The normalized spacial score (nSPS) is 13.0. The van der Waals surface area contributed by atoms with Gasteiger partial charge >= 0.3 is 0 Å². The topological polar surface area (TPSA) is 88.9 Å². The van der Waals surface area contributed by atoms with Gasteiger partial charge in [0.1, 0.15) is 11.8 Å². The molecule has 0 aromatic carbocycles. The lowest BCUT2D eigenvalue weighted by molar-refractivity contribution is 0.561. The smallest absolute Gasteiger partial charge is 0.208 e. The van der Waals surface area contributed by atoms with Crippen molar-refractivity contribution in [3.63, 3.8) is 0 Å². The van der Waals surface area contributed by atoms with Gasteiger partial charge in [0.2, 0.25) is 11.1 Å². The van der Waals surface area contributed by atoms with E-state index in [4.69, 9.17) is 4.55 Å². The summed E-state index contributed by atoms with van der Waals surface area (Å²) in [4.78, 5) is 15.2. The third kappa shape index (κ3) is 1.38. The molecule has 0 radical (unpaired) electrons. The lowest BCUT2D eigenvalue weighted by Gasteiger charge is -1.96. The molecule has 1 unspecified atom stereocenters. The second-order valence-electron chi connectivity index (χ2n) is 2.16. The Morgan fingerprint density at radius 3 is 2.69 bits per heavy atom. The van der Waals surface area contributed by atoms with Gasteiger partial charge in [-0.3, -0.25) is 0 Å². The van der Waals surface area contributed by atoms with Crippen molar-refractivity contribution in [2.24, 2.45) is 0 Å². The van der Waals surface area contributed by atoms with Crippen molar-refractivity contribution < 1.29 is 8.76 Å². The zero-order valence-electron chi connectivity index (χ0n) is 6.28. The van der Waals surface area contributed by atoms with Gasteiger partial charge in [0.05, 0.1) is 0 Å². The molecule has 6 nitrogen and oxygen atoms in total. The zero-order valence-corrected chi connectivity index (χ0v) is 7.10. The Balaban J connectivity index is 2.83. The fourth-order valence-corrected chi connectivity index (χ4v) is 1.35. The molecule has 2 aromatic heterocycles. The van der Waals surface area contributed by atoms with Crippen molar-refractivity contribution >= 4 is 22.2 Å². The molecule has 2 heterocycles. The average Bonchev–Trinajstić information content (AvgIpc) is 2.17. The summed E-state index contributed by atoms with van der Waals surface area (Å²) in [6.45, 7) is 0. The van der Waals surface area contributed by atoms with Gasteiger partial charge in [-0.1, -0.05) is 0 Å². The predicted molar refractivity (Wildman–Crippen MR) is 44.2 cm³/mol. The summed E-state index contributed by atoms with van der Waals surface area (Å²) >= 11 is -2.16. The molecule has 13 heavy (non-hydrogen) atoms. The Morgan fingerprint density at radius 1 is 1.15 bits per heavy atom. The Labute approximate surface area is 75.4 Å². The summed E-state index contributed by atoms with van der Waals surface area (Å²) in [6.07, 6.45) is 4.06. The van der Waals surface area contributed by atoms with Crippen molar-refractivity contribution in [3.8, 4) is 0 Å². The molecule has 0 aliphatic carbocycles. The highest BCUT2D eigenvalue weighted by Crippen LogP contribution is 2.10. The van der Waals surface area contributed by atoms with E-state index in [0.717, 1.165) is 0 Å². The van der Waals surface area contributed by atoms with Gasteiger partial charge in [0.25, 0.3) is 0 Å². The molecule has 0 amide bonds. The first-order valence-corrected chi connectivity index (χ1v) is 4.42. The molecular formula is C6H4N4O2S. The van der Waals surface area contributed by atoms with E-state index in [0.29, 0.717) is 5.65 Å². The number of fused-ring (bicyclic) bond motifs is 1. The number of rotatable bonds is 1. The highest BCUT2D eigenvalue weighted by molar-refractivity contribution is 7.79. The SMILES string of the molecule is O=S(O)c1ncnc2nccnc12. The molecule has 1 atom stereocenters. The fraction of sp³-hybridized carbons (Fsp3) is 0. The third-order valence-electron chi connectivity index (χ3n) is 1.40. The minimum atomic E-state index is -2.16. The summed E-state index contributed by atoms with van der Waals surface area (Å²) in [5.41, 5.74) is 0.570. The van der Waals surface area contributed by atoms with E-state index in [9.17, 15) is 4.21 Å². The van der Waals surface area contributed by atoms with Gasteiger partial charge in [0, 0.05) is 12.4 Å². The maximum atomic E-state index is 10.8. The second-order valence-corrected chi connectivity index (χ2v) is 3.04. The van der Waals surface area contributed by atoms with Crippen LogP contribution >= 0.6 is 0 Å². The minimum Gasteiger partial charge on any atom is -0.301 e. The van der Waals surface area contributed by atoms with Gasteiger partial charge in [-0.25, -0.2) is 24.1 Å². The average molecular weight is 196 g/mol. The molecule has 2 rings (SSSR count). The molecule has 66 valence electrons. The number of hydrogen-bond donors (Lipinski definition) is 1. The second kappa shape index (κ2) is 3.11. The van der Waals surface area contributed by atoms with E-state index >= 15 is 0 Å². The van der Waals surface area contributed by atoms with Crippen molar-refractivity contribution in [2.75, 3.05) is 0 Å². The molecule has 1 N–H and O–H groups in total. The first-order valence-electron chi connectivity index (χ1n) is 3.31. The molecule has 0 saturated carbocycles. The Kier molecular flexibility index (Phi) is 1.95. The van der Waals surface area contributed by atoms with Crippen LogP contribution in [0.2, 0.25) is 0 Å². The van der Waals surface area contributed by atoms with Crippen LogP contribution < -0.4 is 0 Å². The van der Waals surface area contributed by atoms with Crippen LogP contribution in [0.5, 0.6) is 0 Å². The van der Waals surface area contributed by atoms with E-state index in [1.807, 2.05) is 0 Å². The van der Waals surface area contributed by atoms with E-state index in [2.05, 4.69) is 19.9 Å². The molecule has 0 aliphatic heterocycles. The molecule has 0 bridgehead atoms. The molecule has 0 fully saturated rings. The summed E-state index contributed by atoms with van der Waals surface area (Å²) in [6, 6.07) is 0. The maximum Gasteiger partial charge on any atom is 0.208 e. The molecule has 0 spiro atoms. The first-order chi connectivity index (χ1) is 6.29. The van der Waals surface area contributed by atoms with Crippen LogP contribution in [0.4, 0.5) is 0 Å². The van der Waals surface area contributed by atoms with Crippen LogP contribution in [0.15, 0.2) is 23.7 Å². The van der Waals surface area contributed by atoms with Crippen LogP contribution in [0.1, 0.15) is 0 Å². The Morgan fingerprint density at radius 2 is 1.92 bits per heavy atom. The van der Waals surface area contributed by atoms with Gasteiger partial charge in [-0.15, -0.1) is 0 Å². The minimum absolute atomic E-state index is 0.0156. The van der Waals surface area contributed by atoms with Crippen LogP contribution in [0, 0.1) is 0 Å². The van der Waals surface area contributed by atoms with Gasteiger partial charge in [-0.05, 0) is 0 Å². The quantitative estimate of drug-likeness (QED) is 0.510. The molecular weight excluding hydrogens is 192 g/mol. The third-order valence-corrected chi connectivity index (χ3v) is 2.03. The van der Waals surface area contributed by atoms with Crippen LogP contribution in [0.3, 0.4) is 0 Å². The van der Waals surface area contributed by atoms with Gasteiger partial charge < -0.3 is 4.55 Å². The number of aromatic nitrogens is 4. The lowest BCUT2D eigenvalue weighted by atomic mass is 10.5. The first kappa shape index (κ1) is 8.14. The van der Waals surface area contributed by atoms with Crippen molar-refractivity contribution in [1.29, 1.82) is 0 Å². The van der Waals surface area contributed by atoms with Crippen molar-refractivity contribution in [2.45, 2.75) is 5.03 Å². The van der Waals surface area contributed by atoms with Crippen LogP contribution in [-0.4, -0.2) is 28.7 Å². The van der Waals surface area contributed by atoms with E-state index in [1.54, 1.807) is 0 Å². The maximum absolute atomic E-state index is 10.8. The zero-order chi connectivity index (χ0) is 9.26. The Hall–Kier alpha value is -1.47. The van der Waals surface area contributed by atoms with Crippen LogP contribution in [-0.2, 0) is 11.1 Å². The van der Waals surface area contributed by atoms with E-state index in [1.165, 1.54) is 18.7 Å². The fourth-order valence-electron chi connectivity index (χ4n) is 0.901. The molecule has 0 aliphatic rings. The monoisotopic (exact) mass is 196 g/mol. The van der Waals surface area contributed by atoms with Crippen molar-refractivity contribution in [1.82, 2.24) is 19.9 Å². The Bertz CT molecular complexity index is 470. The number of nitrogens with zero attached hydrogens (tertiary/aromatic N) is 4. The predicted octanol–water partition coefficient (Wildman–Crippen LogP) is 0.000400. The molecule has 2 aromatic rings.